The van der Waals surface area contributed by atoms with Crippen LogP contribution in [0.5, 0.6) is 0 Å². The number of rotatable bonds is 3. The van der Waals surface area contributed by atoms with E-state index < -0.39 is 9.05 Å². The molecule has 0 spiro atoms. The van der Waals surface area contributed by atoms with Gasteiger partial charge in [0, 0.05) is 20.8 Å². The van der Waals surface area contributed by atoms with Gasteiger partial charge < -0.3 is 0 Å². The molecule has 2 nitrogen and oxygen atoms in total. The van der Waals surface area contributed by atoms with Gasteiger partial charge >= 0.3 is 0 Å². The average Bonchev–Trinajstić information content (AvgIpc) is 2.02. The Bertz CT molecular complexity index is 395. The summed E-state index contributed by atoms with van der Waals surface area (Å²) >= 11 is 1.68. The van der Waals surface area contributed by atoms with Crippen molar-refractivity contribution in [1.82, 2.24) is 0 Å². The Morgan fingerprint density at radius 2 is 1.71 bits per heavy atom. The second-order valence-electron chi connectivity index (χ2n) is 3.08. The lowest BCUT2D eigenvalue weighted by atomic mass is 10.4. The van der Waals surface area contributed by atoms with Crippen LogP contribution in [0.2, 0.25) is 0 Å². The van der Waals surface area contributed by atoms with E-state index in [2.05, 4.69) is 13.8 Å². The molecule has 0 aliphatic heterocycles. The van der Waals surface area contributed by atoms with Crippen LogP contribution in [0.4, 0.5) is 0 Å². The van der Waals surface area contributed by atoms with Gasteiger partial charge in [-0.25, -0.2) is 8.42 Å². The topological polar surface area (TPSA) is 34.1 Å². The molecule has 0 aliphatic rings. The first-order chi connectivity index (χ1) is 6.39. The molecule has 0 fully saturated rings. The zero-order valence-electron chi connectivity index (χ0n) is 7.90. The van der Waals surface area contributed by atoms with E-state index >= 15 is 0 Å². The van der Waals surface area contributed by atoms with E-state index in [1.165, 1.54) is 12.1 Å². The Morgan fingerprint density at radius 1 is 1.21 bits per heavy atom. The lowest BCUT2D eigenvalue weighted by Gasteiger charge is -2.04. The van der Waals surface area contributed by atoms with Gasteiger partial charge in [-0.1, -0.05) is 13.8 Å². The largest absolute Gasteiger partial charge is 0.261 e. The molecule has 0 aliphatic carbocycles. The summed E-state index contributed by atoms with van der Waals surface area (Å²) in [7, 11) is 1.60. The van der Waals surface area contributed by atoms with Crippen molar-refractivity contribution in [2.45, 2.75) is 28.9 Å². The van der Waals surface area contributed by atoms with Crippen LogP contribution in [-0.4, -0.2) is 13.7 Å². The highest BCUT2D eigenvalue weighted by atomic mass is 35.7. The number of thioether (sulfide) groups is 1. The normalized spacial score (nSPS) is 12.0. The maximum atomic E-state index is 10.9. The minimum atomic E-state index is -3.59. The molecule has 0 heterocycles. The molecular weight excluding hydrogens is 240 g/mol. The zero-order chi connectivity index (χ0) is 10.8. The molecule has 1 aromatic carbocycles. The van der Waals surface area contributed by atoms with E-state index in [4.69, 9.17) is 10.7 Å². The predicted octanol–water partition coefficient (Wildman–Crippen LogP) is 3.11. The van der Waals surface area contributed by atoms with Crippen LogP contribution in [0.15, 0.2) is 34.1 Å². The van der Waals surface area contributed by atoms with Crippen LogP contribution in [0.25, 0.3) is 0 Å². The second kappa shape index (κ2) is 4.55. The maximum absolute atomic E-state index is 10.9. The van der Waals surface area contributed by atoms with Gasteiger partial charge in [0.15, 0.2) is 0 Å². The van der Waals surface area contributed by atoms with Crippen LogP contribution in [0.3, 0.4) is 0 Å². The third-order valence-corrected chi connectivity index (χ3v) is 3.86. The van der Waals surface area contributed by atoms with Crippen LogP contribution in [-0.2, 0) is 9.05 Å². The van der Waals surface area contributed by atoms with Gasteiger partial charge in [-0.3, -0.25) is 0 Å². The van der Waals surface area contributed by atoms with Crippen molar-refractivity contribution in [3.8, 4) is 0 Å². The fourth-order valence-corrected chi connectivity index (χ4v) is 2.56. The van der Waals surface area contributed by atoms with E-state index in [9.17, 15) is 8.42 Å². The minimum Gasteiger partial charge on any atom is -0.207 e. The minimum absolute atomic E-state index is 0.146. The molecule has 0 atom stereocenters. The van der Waals surface area contributed by atoms with Crippen molar-refractivity contribution >= 4 is 31.5 Å². The van der Waals surface area contributed by atoms with Crippen molar-refractivity contribution in [3.63, 3.8) is 0 Å². The van der Waals surface area contributed by atoms with Gasteiger partial charge in [0.25, 0.3) is 9.05 Å². The number of benzene rings is 1. The Labute approximate surface area is 93.1 Å². The third kappa shape index (κ3) is 3.52. The summed E-state index contributed by atoms with van der Waals surface area (Å²) in [4.78, 5) is 1.19. The molecule has 0 unspecified atom stereocenters. The maximum Gasteiger partial charge on any atom is 0.261 e. The first-order valence-corrected chi connectivity index (χ1v) is 7.30. The van der Waals surface area contributed by atoms with Gasteiger partial charge in [0.1, 0.15) is 0 Å². The molecule has 5 heteroatoms. The summed E-state index contributed by atoms with van der Waals surface area (Å²) in [5, 5.41) is 0.480. The Kier molecular flexibility index (Phi) is 3.86. The second-order valence-corrected chi connectivity index (χ2v) is 7.29. The van der Waals surface area contributed by atoms with E-state index in [-0.39, 0.29) is 4.90 Å². The molecule has 0 saturated carbocycles. The van der Waals surface area contributed by atoms with Crippen molar-refractivity contribution < 1.29 is 8.42 Å². The Balaban J connectivity index is 2.90. The molecule has 0 amide bonds. The fourth-order valence-electron chi connectivity index (χ4n) is 0.953. The van der Waals surface area contributed by atoms with Crippen LogP contribution in [0.1, 0.15) is 13.8 Å². The summed E-state index contributed by atoms with van der Waals surface area (Å²) in [5.74, 6) is 0. The van der Waals surface area contributed by atoms with Crippen LogP contribution in [0, 0.1) is 0 Å². The van der Waals surface area contributed by atoms with Gasteiger partial charge in [-0.15, -0.1) is 11.8 Å². The van der Waals surface area contributed by atoms with E-state index in [0.717, 1.165) is 4.90 Å². The fraction of sp³-hybridized carbons (Fsp3) is 0.333. The van der Waals surface area contributed by atoms with Crippen LogP contribution < -0.4 is 0 Å². The van der Waals surface area contributed by atoms with Crippen LogP contribution >= 0.6 is 22.4 Å². The molecule has 1 aromatic rings. The highest BCUT2D eigenvalue weighted by Crippen LogP contribution is 2.24. The monoisotopic (exact) mass is 250 g/mol. The SMILES string of the molecule is CC(C)Sc1ccc(S(=O)(=O)Cl)cc1. The average molecular weight is 251 g/mol. The summed E-state index contributed by atoms with van der Waals surface area (Å²) in [6.45, 7) is 4.16. The molecule has 0 bridgehead atoms. The summed E-state index contributed by atoms with van der Waals surface area (Å²) in [5.41, 5.74) is 0. The standard InChI is InChI=1S/C9H11ClO2S2/c1-7(2)13-8-3-5-9(6-4-8)14(10,11)12/h3-7H,1-2H3. The van der Waals surface area contributed by atoms with Crippen molar-refractivity contribution in [2.75, 3.05) is 0 Å². The van der Waals surface area contributed by atoms with E-state index in [1.54, 1.807) is 23.9 Å². The number of halogens is 1. The molecule has 14 heavy (non-hydrogen) atoms. The Hall–Kier alpha value is -0.190. The molecule has 0 aromatic heterocycles. The summed E-state index contributed by atoms with van der Waals surface area (Å²) in [6.07, 6.45) is 0. The molecule has 0 radical (unpaired) electrons. The Morgan fingerprint density at radius 3 is 2.07 bits per heavy atom. The van der Waals surface area contributed by atoms with Crippen molar-refractivity contribution in [3.05, 3.63) is 24.3 Å². The molecule has 0 N–H and O–H groups in total. The third-order valence-electron chi connectivity index (χ3n) is 1.48. The molecule has 78 valence electrons. The molecule has 0 saturated heterocycles. The van der Waals surface area contributed by atoms with Crippen molar-refractivity contribution in [2.24, 2.45) is 0 Å². The quantitative estimate of drug-likeness (QED) is 0.611. The van der Waals surface area contributed by atoms with E-state index in [1.807, 2.05) is 0 Å². The molecule has 1 rings (SSSR count). The number of hydrogen-bond acceptors (Lipinski definition) is 3. The first kappa shape index (κ1) is 11.9. The van der Waals surface area contributed by atoms with Gasteiger partial charge in [-0.05, 0) is 24.3 Å². The predicted molar refractivity (Wildman–Crippen MR) is 60.5 cm³/mol. The summed E-state index contributed by atoms with van der Waals surface area (Å²) < 4.78 is 21.9. The van der Waals surface area contributed by atoms with Crippen molar-refractivity contribution in [1.29, 1.82) is 0 Å². The smallest absolute Gasteiger partial charge is 0.207 e. The first-order valence-electron chi connectivity index (χ1n) is 4.11. The lowest BCUT2D eigenvalue weighted by Crippen LogP contribution is -1.90. The lowest BCUT2D eigenvalue weighted by molar-refractivity contribution is 0.609. The highest BCUT2D eigenvalue weighted by Gasteiger charge is 2.09. The van der Waals surface area contributed by atoms with Gasteiger partial charge in [0.05, 0.1) is 4.90 Å². The summed E-state index contributed by atoms with van der Waals surface area (Å²) in [6, 6.07) is 6.57. The van der Waals surface area contributed by atoms with Gasteiger partial charge in [-0.2, -0.15) is 0 Å². The van der Waals surface area contributed by atoms with E-state index in [0.29, 0.717) is 5.25 Å². The number of hydrogen-bond donors (Lipinski definition) is 0. The highest BCUT2D eigenvalue weighted by molar-refractivity contribution is 8.13. The zero-order valence-corrected chi connectivity index (χ0v) is 10.3. The molecular formula is C9H11ClO2S2. The van der Waals surface area contributed by atoms with Gasteiger partial charge in [0.2, 0.25) is 0 Å².